The van der Waals surface area contributed by atoms with E-state index < -0.39 is 5.91 Å². The van der Waals surface area contributed by atoms with Crippen molar-refractivity contribution < 1.29 is 14.3 Å². The van der Waals surface area contributed by atoms with Crippen LogP contribution in [0.5, 0.6) is 5.75 Å². The smallest absolute Gasteiger partial charge is 0.438 e. The molecule has 7 nitrogen and oxygen atoms in total. The summed E-state index contributed by atoms with van der Waals surface area (Å²) in [5.74, 6) is -0.248. The molecule has 33 heavy (non-hydrogen) atoms. The van der Waals surface area contributed by atoms with Crippen molar-refractivity contribution >= 4 is 11.7 Å². The van der Waals surface area contributed by atoms with Crippen molar-refractivity contribution in [2.75, 3.05) is 7.11 Å². The molecule has 1 aliphatic heterocycles. The van der Waals surface area contributed by atoms with Crippen molar-refractivity contribution in [3.63, 3.8) is 0 Å². The lowest BCUT2D eigenvalue weighted by Gasteiger charge is -2.08. The number of amides is 1. The fraction of sp³-hybridized carbons (Fsp3) is 0.0769. The molecule has 0 saturated carbocycles. The maximum Gasteiger partial charge on any atom is 0.438 e. The van der Waals surface area contributed by atoms with Gasteiger partial charge >= 0.3 is 5.91 Å². The predicted octanol–water partition coefficient (Wildman–Crippen LogP) is 2.06. The summed E-state index contributed by atoms with van der Waals surface area (Å²) < 4.78 is 6.58. The van der Waals surface area contributed by atoms with E-state index in [0.29, 0.717) is 22.0 Å². The maximum atomic E-state index is 13.4. The standard InChI is InChI=1S/C26H17N4O3/c1-33-21-9-7-18(8-10-21)25(31)13-23-26(32)30(16-17-5-3-2-4-6-17)24-12-20(15-28)19(14-27)11-22(24)29-23/h2-13H,16H2,1H3/q+1/b23-13+. The number of methoxy groups -OCH3 is 1. The Morgan fingerprint density at radius 1 is 1.03 bits per heavy atom. The Kier molecular flexibility index (Phi) is 5.88. The van der Waals surface area contributed by atoms with Gasteiger partial charge in [-0.15, -0.1) is 4.58 Å². The number of rotatable bonds is 5. The number of hydrogen-bond donors (Lipinski definition) is 0. The average Bonchev–Trinajstić information content (AvgIpc) is 2.86. The number of hydrogen-bond acceptors (Lipinski definition) is 6. The second kappa shape index (κ2) is 9.09. The van der Waals surface area contributed by atoms with E-state index in [1.807, 2.05) is 42.5 Å². The van der Waals surface area contributed by atoms with Crippen molar-refractivity contribution in [2.45, 2.75) is 6.54 Å². The van der Waals surface area contributed by atoms with E-state index in [9.17, 15) is 20.1 Å². The second-order valence-electron chi connectivity index (χ2n) is 7.22. The molecule has 1 amide bonds. The molecule has 0 bridgehead atoms. The molecule has 0 spiro atoms. The molecule has 0 unspecified atom stereocenters. The van der Waals surface area contributed by atoms with Crippen LogP contribution in [-0.4, -0.2) is 18.8 Å². The van der Waals surface area contributed by atoms with Crippen LogP contribution in [0.15, 0.2) is 83.5 Å². The Balaban J connectivity index is 1.87. The third-order valence-electron chi connectivity index (χ3n) is 5.18. The molecular formula is C26H17N4O3+. The molecule has 0 atom stereocenters. The molecule has 7 heteroatoms. The van der Waals surface area contributed by atoms with Crippen molar-refractivity contribution in [1.29, 1.82) is 10.5 Å². The summed E-state index contributed by atoms with van der Waals surface area (Å²) in [4.78, 5) is 30.5. The summed E-state index contributed by atoms with van der Waals surface area (Å²) in [5.41, 5.74) is 1.49. The Labute approximate surface area is 189 Å². The summed E-state index contributed by atoms with van der Waals surface area (Å²) in [6, 6.07) is 22.8. The van der Waals surface area contributed by atoms with E-state index in [1.165, 1.54) is 29.9 Å². The molecule has 0 radical (unpaired) electrons. The van der Waals surface area contributed by atoms with Gasteiger partial charge in [-0.2, -0.15) is 10.5 Å². The molecule has 1 heterocycles. The molecule has 4 rings (SSSR count). The minimum atomic E-state index is -0.471. The van der Waals surface area contributed by atoms with E-state index in [2.05, 4.69) is 4.99 Å². The zero-order valence-electron chi connectivity index (χ0n) is 17.6. The maximum absolute atomic E-state index is 13.4. The highest BCUT2D eigenvalue weighted by Crippen LogP contribution is 2.14. The number of ether oxygens (including phenoxy) is 1. The second-order valence-corrected chi connectivity index (χ2v) is 7.22. The summed E-state index contributed by atoms with van der Waals surface area (Å²) in [6.45, 7) is 0.215. The van der Waals surface area contributed by atoms with Crippen LogP contribution in [0.4, 0.5) is 0 Å². The number of nitriles is 2. The lowest BCUT2D eigenvalue weighted by atomic mass is 10.1. The van der Waals surface area contributed by atoms with Gasteiger partial charge < -0.3 is 4.74 Å². The van der Waals surface area contributed by atoms with Gasteiger partial charge in [0.15, 0.2) is 18.0 Å². The summed E-state index contributed by atoms with van der Waals surface area (Å²) in [5, 5.41) is 19.6. The van der Waals surface area contributed by atoms with Gasteiger partial charge in [0, 0.05) is 23.3 Å². The zero-order chi connectivity index (χ0) is 23.4. The van der Waals surface area contributed by atoms with Gasteiger partial charge in [-0.25, -0.2) is 9.79 Å². The van der Waals surface area contributed by atoms with Crippen molar-refractivity contribution in [1.82, 2.24) is 4.58 Å². The first-order valence-electron chi connectivity index (χ1n) is 10.00. The SMILES string of the molecule is COc1ccc(C(=O)/C=C2/N=c3cc(C#N)c(C#N)cc3=[N+](Cc3ccccc3)C2=O)cc1. The normalized spacial score (nSPS) is 13.5. The van der Waals surface area contributed by atoms with Crippen LogP contribution < -0.4 is 20.0 Å². The molecular weight excluding hydrogens is 416 g/mol. The minimum absolute atomic E-state index is 0.0483. The average molecular weight is 433 g/mol. The zero-order valence-corrected chi connectivity index (χ0v) is 17.6. The van der Waals surface area contributed by atoms with Crippen molar-refractivity contribution in [3.8, 4) is 17.9 Å². The monoisotopic (exact) mass is 433 g/mol. The van der Waals surface area contributed by atoms with Gasteiger partial charge in [-0.3, -0.25) is 4.79 Å². The highest BCUT2D eigenvalue weighted by atomic mass is 16.5. The van der Waals surface area contributed by atoms with Crippen molar-refractivity contribution in [2.24, 2.45) is 4.99 Å². The first-order valence-corrected chi connectivity index (χ1v) is 10.00. The lowest BCUT2D eigenvalue weighted by molar-refractivity contribution is -0.119. The first-order chi connectivity index (χ1) is 16.0. The van der Waals surface area contributed by atoms with E-state index in [4.69, 9.17) is 4.74 Å². The summed E-state index contributed by atoms with van der Waals surface area (Å²) in [7, 11) is 1.53. The number of allylic oxidation sites excluding steroid dienone is 1. The number of fused-ring (bicyclic) bond motifs is 1. The molecule has 0 N–H and O–H groups in total. The van der Waals surface area contributed by atoms with Gasteiger partial charge in [0.05, 0.1) is 18.2 Å². The Morgan fingerprint density at radius 3 is 2.33 bits per heavy atom. The van der Waals surface area contributed by atoms with Crippen LogP contribution in [0.2, 0.25) is 0 Å². The van der Waals surface area contributed by atoms with Crippen LogP contribution in [0.25, 0.3) is 0 Å². The number of carbonyl (C=O) groups is 2. The Bertz CT molecular complexity index is 1510. The highest BCUT2D eigenvalue weighted by Gasteiger charge is 2.30. The molecule has 0 aliphatic carbocycles. The Hall–Kier alpha value is -4.88. The molecule has 3 aromatic rings. The number of nitrogens with zero attached hydrogens (tertiary/aromatic N) is 4. The summed E-state index contributed by atoms with van der Waals surface area (Å²) >= 11 is 0. The van der Waals surface area contributed by atoms with Crippen LogP contribution in [-0.2, 0) is 11.3 Å². The highest BCUT2D eigenvalue weighted by molar-refractivity contribution is 6.09. The molecule has 3 aromatic carbocycles. The minimum Gasteiger partial charge on any atom is -0.497 e. The number of benzene rings is 3. The third kappa shape index (κ3) is 4.30. The molecule has 0 saturated heterocycles. The van der Waals surface area contributed by atoms with E-state index in [-0.39, 0.29) is 29.2 Å². The first kappa shape index (κ1) is 21.4. The van der Waals surface area contributed by atoms with Crippen LogP contribution >= 0.6 is 0 Å². The van der Waals surface area contributed by atoms with E-state index in [0.717, 1.165) is 5.56 Å². The van der Waals surface area contributed by atoms with Crippen molar-refractivity contribution in [3.05, 3.63) is 111 Å². The lowest BCUT2D eigenvalue weighted by Crippen LogP contribution is -2.48. The fourth-order valence-electron chi connectivity index (χ4n) is 3.47. The number of carbonyl (C=O) groups excluding carboxylic acids is 2. The largest absolute Gasteiger partial charge is 0.497 e. The fourth-order valence-corrected chi connectivity index (χ4v) is 3.47. The van der Waals surface area contributed by atoms with E-state index in [1.54, 1.807) is 24.3 Å². The molecule has 1 aliphatic rings. The van der Waals surface area contributed by atoms with Gasteiger partial charge in [0.1, 0.15) is 23.2 Å². The van der Waals surface area contributed by atoms with Gasteiger partial charge in [-0.1, -0.05) is 30.3 Å². The van der Waals surface area contributed by atoms with Crippen LogP contribution in [0.3, 0.4) is 0 Å². The third-order valence-corrected chi connectivity index (χ3v) is 5.18. The molecule has 0 aromatic heterocycles. The van der Waals surface area contributed by atoms with Crippen LogP contribution in [0, 0.1) is 22.7 Å². The predicted molar refractivity (Wildman–Crippen MR) is 118 cm³/mol. The Morgan fingerprint density at radius 2 is 1.70 bits per heavy atom. The van der Waals surface area contributed by atoms with Gasteiger partial charge in [-0.05, 0) is 30.3 Å². The topological polar surface area (TPSA) is 106 Å². The number of ketones is 1. The van der Waals surface area contributed by atoms with E-state index >= 15 is 0 Å². The van der Waals surface area contributed by atoms with Gasteiger partial charge in [0.25, 0.3) is 0 Å². The molecule has 0 fully saturated rings. The van der Waals surface area contributed by atoms with Gasteiger partial charge in [0.2, 0.25) is 5.36 Å². The quantitative estimate of drug-likeness (QED) is 0.348. The van der Waals surface area contributed by atoms with Crippen LogP contribution in [0.1, 0.15) is 27.0 Å². The molecule has 158 valence electrons. The summed E-state index contributed by atoms with van der Waals surface area (Å²) in [6.07, 6.45) is 1.19.